The summed E-state index contributed by atoms with van der Waals surface area (Å²) >= 11 is 1.69. The Morgan fingerprint density at radius 1 is 0.958 bits per heavy atom. The van der Waals surface area contributed by atoms with Crippen LogP contribution < -0.4 is 5.43 Å². The van der Waals surface area contributed by atoms with Crippen LogP contribution in [0.3, 0.4) is 0 Å². The van der Waals surface area contributed by atoms with Crippen molar-refractivity contribution in [1.29, 1.82) is 0 Å². The van der Waals surface area contributed by atoms with E-state index in [1.54, 1.807) is 11.3 Å². The van der Waals surface area contributed by atoms with E-state index in [0.29, 0.717) is 0 Å². The monoisotopic (exact) mass is 339 g/mol. The molecule has 126 valence electrons. The van der Waals surface area contributed by atoms with E-state index in [9.17, 15) is 4.79 Å². The van der Waals surface area contributed by atoms with Gasteiger partial charge < -0.3 is 4.98 Å². The van der Waals surface area contributed by atoms with Gasteiger partial charge in [0.15, 0.2) is 5.43 Å². The van der Waals surface area contributed by atoms with Crippen LogP contribution in [0.5, 0.6) is 0 Å². The molecular formula is C21H25NOS. The summed E-state index contributed by atoms with van der Waals surface area (Å²) in [4.78, 5) is 16.6. The molecule has 3 heteroatoms. The topological polar surface area (TPSA) is 32.9 Å². The van der Waals surface area contributed by atoms with Gasteiger partial charge >= 0.3 is 0 Å². The van der Waals surface area contributed by atoms with Crippen LogP contribution in [0, 0.1) is 0 Å². The molecule has 0 radical (unpaired) electrons. The second-order valence-electron chi connectivity index (χ2n) is 8.49. The molecule has 0 atom stereocenters. The summed E-state index contributed by atoms with van der Waals surface area (Å²) in [6.45, 7) is 12.6. The number of fused-ring (bicyclic) bond motifs is 1. The van der Waals surface area contributed by atoms with E-state index in [4.69, 9.17) is 0 Å². The number of hydrogen-bond donors (Lipinski definition) is 1. The van der Waals surface area contributed by atoms with Gasteiger partial charge in [-0.2, -0.15) is 11.3 Å². The van der Waals surface area contributed by atoms with Crippen LogP contribution in [-0.4, -0.2) is 4.98 Å². The average molecular weight is 340 g/mol. The Kier molecular flexibility index (Phi) is 3.95. The van der Waals surface area contributed by atoms with Crippen LogP contribution in [0.15, 0.2) is 40.0 Å². The Morgan fingerprint density at radius 2 is 1.58 bits per heavy atom. The van der Waals surface area contributed by atoms with E-state index in [1.807, 2.05) is 6.07 Å². The van der Waals surface area contributed by atoms with Crippen LogP contribution in [0.2, 0.25) is 0 Å². The molecule has 0 aliphatic rings. The van der Waals surface area contributed by atoms with Crippen molar-refractivity contribution in [2.75, 3.05) is 0 Å². The van der Waals surface area contributed by atoms with Gasteiger partial charge in [-0.05, 0) is 45.4 Å². The number of aromatic amines is 1. The minimum absolute atomic E-state index is 0.163. The second-order valence-corrected chi connectivity index (χ2v) is 9.27. The smallest absolute Gasteiger partial charge is 0.186 e. The first-order valence-electron chi connectivity index (χ1n) is 8.32. The van der Waals surface area contributed by atoms with Crippen molar-refractivity contribution in [2.45, 2.75) is 52.4 Å². The van der Waals surface area contributed by atoms with Gasteiger partial charge in [0.25, 0.3) is 0 Å². The third-order valence-corrected chi connectivity index (χ3v) is 5.15. The van der Waals surface area contributed by atoms with Gasteiger partial charge in [-0.3, -0.25) is 4.79 Å². The zero-order valence-electron chi connectivity index (χ0n) is 15.3. The number of aromatic nitrogens is 1. The molecule has 3 rings (SSSR count). The molecule has 1 aromatic carbocycles. The molecule has 2 heterocycles. The molecule has 0 aliphatic heterocycles. The van der Waals surface area contributed by atoms with Gasteiger partial charge in [0, 0.05) is 33.8 Å². The molecule has 3 aromatic rings. The lowest BCUT2D eigenvalue weighted by atomic mass is 9.82. The van der Waals surface area contributed by atoms with Crippen LogP contribution in [0.25, 0.3) is 22.0 Å². The van der Waals surface area contributed by atoms with E-state index in [2.05, 4.69) is 75.6 Å². The SMILES string of the molecule is CC(C)(C)c1cc2[nH]cc(-c3ccsc3)c2cc(C(C)(C)C)c1=O. The molecule has 24 heavy (non-hydrogen) atoms. The van der Waals surface area contributed by atoms with Crippen molar-refractivity contribution in [1.82, 2.24) is 4.98 Å². The van der Waals surface area contributed by atoms with Crippen molar-refractivity contribution in [2.24, 2.45) is 0 Å². The van der Waals surface area contributed by atoms with Gasteiger partial charge in [0.05, 0.1) is 0 Å². The highest BCUT2D eigenvalue weighted by molar-refractivity contribution is 7.08. The van der Waals surface area contributed by atoms with Crippen molar-refractivity contribution < 1.29 is 0 Å². The zero-order chi connectivity index (χ0) is 17.7. The minimum Gasteiger partial charge on any atom is -0.361 e. The molecule has 0 saturated carbocycles. The fraction of sp³-hybridized carbons (Fsp3) is 0.381. The Morgan fingerprint density at radius 3 is 2.12 bits per heavy atom. The Hall–Kier alpha value is -1.87. The normalized spacial score (nSPS) is 12.8. The predicted octanol–water partition coefficient (Wildman–Crippen LogP) is 5.85. The summed E-state index contributed by atoms with van der Waals surface area (Å²) in [6.07, 6.45) is 2.05. The molecule has 0 unspecified atom stereocenters. The summed E-state index contributed by atoms with van der Waals surface area (Å²) in [5, 5.41) is 5.35. The van der Waals surface area contributed by atoms with E-state index in [0.717, 1.165) is 27.6 Å². The number of thiophene rings is 1. The van der Waals surface area contributed by atoms with Crippen LogP contribution >= 0.6 is 11.3 Å². The number of rotatable bonds is 1. The lowest BCUT2D eigenvalue weighted by molar-refractivity contribution is 0.564. The largest absolute Gasteiger partial charge is 0.361 e. The maximum atomic E-state index is 13.3. The molecule has 0 saturated heterocycles. The third kappa shape index (κ3) is 2.93. The summed E-state index contributed by atoms with van der Waals surface area (Å²) in [5.41, 5.74) is 4.88. The van der Waals surface area contributed by atoms with E-state index in [1.165, 1.54) is 5.56 Å². The molecule has 0 bridgehead atoms. The highest BCUT2D eigenvalue weighted by Gasteiger charge is 2.25. The number of nitrogens with one attached hydrogen (secondary N) is 1. The molecule has 0 aliphatic carbocycles. The highest BCUT2D eigenvalue weighted by Crippen LogP contribution is 2.33. The first-order valence-corrected chi connectivity index (χ1v) is 9.26. The Balaban J connectivity index is 2.47. The van der Waals surface area contributed by atoms with Crippen molar-refractivity contribution >= 4 is 22.2 Å². The third-order valence-electron chi connectivity index (χ3n) is 4.47. The molecule has 0 amide bonds. The standard InChI is InChI=1S/C21H25NOS/c1-20(2,3)16-9-14-15(13-7-8-24-12-13)11-22-18(14)10-17(19(16)23)21(4,5)6/h7-12,22H,1-6H3. The van der Waals surface area contributed by atoms with Crippen molar-refractivity contribution in [3.05, 3.63) is 56.5 Å². The number of hydrogen-bond acceptors (Lipinski definition) is 2. The summed E-state index contributed by atoms with van der Waals surface area (Å²) in [7, 11) is 0. The van der Waals surface area contributed by atoms with Crippen molar-refractivity contribution in [3.8, 4) is 11.1 Å². The molecule has 2 nitrogen and oxygen atoms in total. The molecule has 0 fully saturated rings. The lowest BCUT2D eigenvalue weighted by Gasteiger charge is -2.21. The van der Waals surface area contributed by atoms with Crippen LogP contribution in [0.4, 0.5) is 0 Å². The van der Waals surface area contributed by atoms with E-state index in [-0.39, 0.29) is 16.3 Å². The zero-order valence-corrected chi connectivity index (χ0v) is 16.1. The quantitative estimate of drug-likeness (QED) is 0.592. The maximum absolute atomic E-state index is 13.3. The highest BCUT2D eigenvalue weighted by atomic mass is 32.1. The number of H-pyrrole nitrogens is 1. The molecule has 2 aromatic heterocycles. The van der Waals surface area contributed by atoms with E-state index < -0.39 is 0 Å². The first-order chi connectivity index (χ1) is 11.1. The van der Waals surface area contributed by atoms with Gasteiger partial charge in [-0.15, -0.1) is 0 Å². The van der Waals surface area contributed by atoms with Gasteiger partial charge in [-0.1, -0.05) is 41.5 Å². The summed E-state index contributed by atoms with van der Waals surface area (Å²) in [5.74, 6) is 0. The predicted molar refractivity (Wildman–Crippen MR) is 105 cm³/mol. The summed E-state index contributed by atoms with van der Waals surface area (Å²) < 4.78 is 0. The fourth-order valence-corrected chi connectivity index (χ4v) is 3.72. The van der Waals surface area contributed by atoms with Crippen LogP contribution in [-0.2, 0) is 10.8 Å². The molecule has 0 spiro atoms. The molecule has 1 N–H and O–H groups in total. The van der Waals surface area contributed by atoms with Crippen molar-refractivity contribution in [3.63, 3.8) is 0 Å². The van der Waals surface area contributed by atoms with E-state index >= 15 is 0 Å². The van der Waals surface area contributed by atoms with Gasteiger partial charge in [0.2, 0.25) is 0 Å². The Bertz CT molecular complexity index is 935. The van der Waals surface area contributed by atoms with Gasteiger partial charge in [0.1, 0.15) is 0 Å². The fourth-order valence-electron chi connectivity index (χ4n) is 3.06. The lowest BCUT2D eigenvalue weighted by Crippen LogP contribution is -2.28. The second kappa shape index (κ2) is 5.59. The Labute approximate surface area is 147 Å². The molecular weight excluding hydrogens is 314 g/mol. The van der Waals surface area contributed by atoms with Crippen LogP contribution in [0.1, 0.15) is 52.7 Å². The summed E-state index contributed by atoms with van der Waals surface area (Å²) in [6, 6.07) is 6.26. The first kappa shape index (κ1) is 17.0. The maximum Gasteiger partial charge on any atom is 0.186 e. The minimum atomic E-state index is -0.202. The van der Waals surface area contributed by atoms with Gasteiger partial charge in [-0.25, -0.2) is 0 Å². The average Bonchev–Trinajstić information content (AvgIpc) is 3.05.